The summed E-state index contributed by atoms with van der Waals surface area (Å²) in [6.45, 7) is 0.336. The first-order valence-corrected chi connectivity index (χ1v) is 11.3. The number of thiophene rings is 1. The molecule has 0 bridgehead atoms. The quantitative estimate of drug-likeness (QED) is 0.488. The third-order valence-corrected chi connectivity index (χ3v) is 6.64. The molecule has 0 aliphatic heterocycles. The first-order chi connectivity index (χ1) is 15.6. The van der Waals surface area contributed by atoms with Gasteiger partial charge in [0.05, 0.1) is 39.7 Å². The third kappa shape index (κ3) is 4.50. The molecule has 168 valence electrons. The van der Waals surface area contributed by atoms with Gasteiger partial charge in [-0.15, -0.1) is 11.3 Å². The number of hydrogen-bond acceptors (Lipinski definition) is 7. The number of furan rings is 1. The van der Waals surface area contributed by atoms with E-state index in [9.17, 15) is 4.79 Å². The largest absolute Gasteiger partial charge is 0.496 e. The number of aryl methyl sites for hydroxylation is 1. The van der Waals surface area contributed by atoms with Crippen molar-refractivity contribution in [3.63, 3.8) is 0 Å². The number of ether oxygens (including phenoxy) is 3. The minimum Gasteiger partial charge on any atom is -0.496 e. The van der Waals surface area contributed by atoms with Crippen molar-refractivity contribution in [3.8, 4) is 17.2 Å². The highest BCUT2D eigenvalue weighted by molar-refractivity contribution is 7.16. The molecule has 0 saturated heterocycles. The van der Waals surface area contributed by atoms with Gasteiger partial charge in [-0.05, 0) is 49.4 Å². The normalized spacial score (nSPS) is 13.1. The van der Waals surface area contributed by atoms with E-state index in [1.807, 2.05) is 12.1 Å². The molecule has 0 unspecified atom stereocenters. The summed E-state index contributed by atoms with van der Waals surface area (Å²) in [7, 11) is 4.75. The second-order valence-corrected chi connectivity index (χ2v) is 8.44. The fourth-order valence-electron chi connectivity index (χ4n) is 3.83. The van der Waals surface area contributed by atoms with Crippen molar-refractivity contribution in [1.29, 1.82) is 0 Å². The van der Waals surface area contributed by atoms with Gasteiger partial charge in [-0.2, -0.15) is 0 Å². The van der Waals surface area contributed by atoms with Crippen molar-refractivity contribution < 1.29 is 23.4 Å². The molecule has 4 rings (SSSR count). The number of carbonyl (C=O) groups excluding carboxylic acids is 1. The molecule has 32 heavy (non-hydrogen) atoms. The Bertz CT molecular complexity index is 1120. The topological polar surface area (TPSA) is 82.3 Å². The third-order valence-electron chi connectivity index (χ3n) is 5.44. The molecule has 1 aliphatic rings. The van der Waals surface area contributed by atoms with Crippen LogP contribution in [-0.4, -0.2) is 33.5 Å². The van der Waals surface area contributed by atoms with Crippen LogP contribution < -0.4 is 19.5 Å². The molecule has 1 amide bonds. The van der Waals surface area contributed by atoms with Crippen LogP contribution in [0.5, 0.6) is 17.2 Å². The highest BCUT2D eigenvalue weighted by atomic mass is 32.1. The molecule has 1 N–H and O–H groups in total. The number of nitrogens with zero attached hydrogens (tertiary/aromatic N) is 1. The van der Waals surface area contributed by atoms with E-state index in [1.54, 1.807) is 57.3 Å². The highest BCUT2D eigenvalue weighted by Gasteiger charge is 2.25. The number of fused-ring (bicyclic) bond motifs is 1. The number of nitrogens with one attached hydrogen (secondary N) is 1. The smallest absolute Gasteiger partial charge is 0.255 e. The van der Waals surface area contributed by atoms with Gasteiger partial charge in [0.1, 0.15) is 16.5 Å². The second kappa shape index (κ2) is 9.91. The lowest BCUT2D eigenvalue weighted by molar-refractivity contribution is 0.0948. The van der Waals surface area contributed by atoms with E-state index in [0.29, 0.717) is 40.1 Å². The maximum atomic E-state index is 13.1. The summed E-state index contributed by atoms with van der Waals surface area (Å²) in [5.74, 6) is 2.34. The average Bonchev–Trinajstić information content (AvgIpc) is 3.48. The van der Waals surface area contributed by atoms with Crippen LogP contribution in [0.4, 0.5) is 5.00 Å². The van der Waals surface area contributed by atoms with E-state index >= 15 is 0 Å². The van der Waals surface area contributed by atoms with Crippen LogP contribution in [0.15, 0.2) is 39.9 Å². The monoisotopic (exact) mass is 454 g/mol. The summed E-state index contributed by atoms with van der Waals surface area (Å²) in [6, 6.07) is 7.22. The molecule has 2 heterocycles. The van der Waals surface area contributed by atoms with E-state index in [2.05, 4.69) is 5.32 Å². The SMILES string of the molecule is COc1cc(OC)c(OC)cc1C=Nc1sc2c(c1C(=O)NCc1ccco1)CCCC2. The number of methoxy groups -OCH3 is 3. The van der Waals surface area contributed by atoms with Crippen LogP contribution in [-0.2, 0) is 19.4 Å². The van der Waals surface area contributed by atoms with E-state index in [0.717, 1.165) is 36.8 Å². The highest BCUT2D eigenvalue weighted by Crippen LogP contribution is 2.40. The minimum atomic E-state index is -0.132. The van der Waals surface area contributed by atoms with Gasteiger partial charge >= 0.3 is 0 Å². The first-order valence-electron chi connectivity index (χ1n) is 10.4. The number of rotatable bonds is 8. The van der Waals surface area contributed by atoms with Gasteiger partial charge < -0.3 is 23.9 Å². The molecule has 0 atom stereocenters. The fourth-order valence-corrected chi connectivity index (χ4v) is 5.06. The number of hydrogen-bond donors (Lipinski definition) is 1. The van der Waals surface area contributed by atoms with Crippen LogP contribution in [0.3, 0.4) is 0 Å². The van der Waals surface area contributed by atoms with Crippen molar-refractivity contribution in [2.45, 2.75) is 32.2 Å². The molecule has 0 fully saturated rings. The van der Waals surface area contributed by atoms with E-state index in [1.165, 1.54) is 4.88 Å². The minimum absolute atomic E-state index is 0.132. The maximum Gasteiger partial charge on any atom is 0.255 e. The Morgan fingerprint density at radius 2 is 1.88 bits per heavy atom. The van der Waals surface area contributed by atoms with Gasteiger partial charge in [0.25, 0.3) is 5.91 Å². The number of carbonyl (C=O) groups is 1. The van der Waals surface area contributed by atoms with E-state index in [4.69, 9.17) is 23.6 Å². The molecule has 0 radical (unpaired) electrons. The summed E-state index contributed by atoms with van der Waals surface area (Å²) in [4.78, 5) is 19.1. The van der Waals surface area contributed by atoms with Crippen molar-refractivity contribution >= 4 is 28.5 Å². The van der Waals surface area contributed by atoms with Crippen molar-refractivity contribution in [2.24, 2.45) is 4.99 Å². The zero-order valence-electron chi connectivity index (χ0n) is 18.4. The molecule has 1 aliphatic carbocycles. The van der Waals surface area contributed by atoms with Gasteiger partial charge in [-0.3, -0.25) is 4.79 Å². The Balaban J connectivity index is 1.67. The van der Waals surface area contributed by atoms with Gasteiger partial charge in [0, 0.05) is 22.7 Å². The summed E-state index contributed by atoms with van der Waals surface area (Å²) in [6.07, 6.45) is 7.39. The molecule has 1 aromatic carbocycles. The number of aliphatic imine (C=N–C) groups is 1. The molecular weight excluding hydrogens is 428 g/mol. The van der Waals surface area contributed by atoms with Crippen molar-refractivity contribution in [3.05, 3.63) is 57.9 Å². The van der Waals surface area contributed by atoms with E-state index < -0.39 is 0 Å². The van der Waals surface area contributed by atoms with Crippen molar-refractivity contribution in [2.75, 3.05) is 21.3 Å². The van der Waals surface area contributed by atoms with Crippen LogP contribution in [0.25, 0.3) is 0 Å². The number of amides is 1. The zero-order valence-corrected chi connectivity index (χ0v) is 19.2. The van der Waals surface area contributed by atoms with Gasteiger partial charge in [0.2, 0.25) is 0 Å². The maximum absolute atomic E-state index is 13.1. The predicted octanol–water partition coefficient (Wildman–Crippen LogP) is 4.93. The molecule has 0 spiro atoms. The van der Waals surface area contributed by atoms with Crippen LogP contribution >= 0.6 is 11.3 Å². The summed E-state index contributed by atoms with van der Waals surface area (Å²) in [5, 5.41) is 3.67. The summed E-state index contributed by atoms with van der Waals surface area (Å²) < 4.78 is 21.6. The molecule has 8 heteroatoms. The van der Waals surface area contributed by atoms with Gasteiger partial charge in [-0.1, -0.05) is 0 Å². The Morgan fingerprint density at radius 1 is 1.12 bits per heavy atom. The molecule has 2 aromatic heterocycles. The average molecular weight is 455 g/mol. The molecular formula is C24H26N2O5S. The van der Waals surface area contributed by atoms with Crippen molar-refractivity contribution in [1.82, 2.24) is 5.32 Å². The molecule has 0 saturated carbocycles. The second-order valence-electron chi connectivity index (χ2n) is 7.36. The van der Waals surface area contributed by atoms with Crippen LogP contribution in [0, 0.1) is 0 Å². The summed E-state index contributed by atoms with van der Waals surface area (Å²) >= 11 is 1.58. The standard InChI is InChI=1S/C24H26N2O5S/c1-28-18-12-20(30-3)19(29-2)11-15(18)13-26-24-22(17-8-4-5-9-21(17)32-24)23(27)25-14-16-7-6-10-31-16/h6-7,10-13H,4-5,8-9,14H2,1-3H3,(H,25,27). The lowest BCUT2D eigenvalue weighted by atomic mass is 9.95. The lowest BCUT2D eigenvalue weighted by Gasteiger charge is -2.12. The first kappa shape index (κ1) is 22.0. The fraction of sp³-hybridized carbons (Fsp3) is 0.333. The van der Waals surface area contributed by atoms with E-state index in [-0.39, 0.29) is 5.91 Å². The lowest BCUT2D eigenvalue weighted by Crippen LogP contribution is -2.23. The zero-order chi connectivity index (χ0) is 22.5. The molecule has 7 nitrogen and oxygen atoms in total. The Morgan fingerprint density at radius 3 is 2.59 bits per heavy atom. The summed E-state index contributed by atoms with van der Waals surface area (Å²) in [5.41, 5.74) is 2.51. The Labute approximate surface area is 191 Å². The Kier molecular flexibility index (Phi) is 6.80. The molecule has 3 aromatic rings. The van der Waals surface area contributed by atoms with Gasteiger partial charge in [-0.25, -0.2) is 4.99 Å². The van der Waals surface area contributed by atoms with Crippen LogP contribution in [0.1, 0.15) is 45.0 Å². The number of benzene rings is 1. The van der Waals surface area contributed by atoms with Crippen LogP contribution in [0.2, 0.25) is 0 Å². The Hall–Kier alpha value is -3.26. The predicted molar refractivity (Wildman–Crippen MR) is 124 cm³/mol. The van der Waals surface area contributed by atoms with Gasteiger partial charge in [0.15, 0.2) is 11.5 Å².